The van der Waals surface area contributed by atoms with Crippen molar-refractivity contribution in [3.63, 3.8) is 0 Å². The summed E-state index contributed by atoms with van der Waals surface area (Å²) in [7, 11) is 1.75. The van der Waals surface area contributed by atoms with Gasteiger partial charge in [0, 0.05) is 20.1 Å². The molecule has 1 aromatic heterocycles. The molecule has 1 fully saturated rings. The minimum Gasteiger partial charge on any atom is -0.394 e. The number of hydrogen-bond acceptors (Lipinski definition) is 7. The molecule has 0 spiro atoms. The monoisotopic (exact) mass is 300 g/mol. The molecular formula is C12H20N4O3S. The quantitative estimate of drug-likeness (QED) is 0.727. The lowest BCUT2D eigenvalue weighted by molar-refractivity contribution is -0.00543. The van der Waals surface area contributed by atoms with Crippen LogP contribution in [0.3, 0.4) is 0 Å². The van der Waals surface area contributed by atoms with Crippen LogP contribution < -0.4 is 11.1 Å². The van der Waals surface area contributed by atoms with Gasteiger partial charge in [0.25, 0.3) is 5.91 Å². The molecule has 2 heterocycles. The summed E-state index contributed by atoms with van der Waals surface area (Å²) in [5.74, 6) is 0.213. The smallest absolute Gasteiger partial charge is 0.267 e. The zero-order chi connectivity index (χ0) is 14.5. The number of nitrogens with zero attached hydrogens (tertiary/aromatic N) is 2. The van der Waals surface area contributed by atoms with Gasteiger partial charge in [0.15, 0.2) is 5.13 Å². The highest BCUT2D eigenvalue weighted by atomic mass is 32.1. The molecule has 8 heteroatoms. The van der Waals surface area contributed by atoms with E-state index in [0.717, 1.165) is 12.8 Å². The largest absolute Gasteiger partial charge is 0.394 e. The molecule has 0 saturated carbocycles. The van der Waals surface area contributed by atoms with Gasteiger partial charge in [0.1, 0.15) is 10.7 Å². The van der Waals surface area contributed by atoms with Gasteiger partial charge in [-0.3, -0.25) is 4.79 Å². The van der Waals surface area contributed by atoms with Crippen molar-refractivity contribution < 1.29 is 14.6 Å². The third-order valence-corrected chi connectivity index (χ3v) is 4.31. The lowest BCUT2D eigenvalue weighted by Crippen LogP contribution is -2.41. The fraction of sp³-hybridized carbons (Fsp3) is 0.667. The molecule has 0 unspecified atom stereocenters. The Balaban J connectivity index is 1.92. The maximum absolute atomic E-state index is 12.4. The first-order chi connectivity index (χ1) is 9.65. The predicted octanol–water partition coefficient (Wildman–Crippen LogP) is 0.381. The van der Waals surface area contributed by atoms with Gasteiger partial charge in [-0.05, 0) is 12.8 Å². The van der Waals surface area contributed by atoms with E-state index in [0.29, 0.717) is 29.7 Å². The molecule has 112 valence electrons. The second-order valence-corrected chi connectivity index (χ2v) is 5.57. The van der Waals surface area contributed by atoms with Gasteiger partial charge >= 0.3 is 0 Å². The fourth-order valence-corrected chi connectivity index (χ4v) is 2.99. The molecule has 1 aliphatic heterocycles. The highest BCUT2D eigenvalue weighted by Crippen LogP contribution is 2.27. The fourth-order valence-electron chi connectivity index (χ4n) is 2.18. The Kier molecular flexibility index (Phi) is 5.16. The third kappa shape index (κ3) is 3.38. The highest BCUT2D eigenvalue weighted by Gasteiger charge is 2.26. The molecule has 1 saturated heterocycles. The number of rotatable bonds is 5. The predicted molar refractivity (Wildman–Crippen MR) is 78.0 cm³/mol. The molecule has 0 aromatic carbocycles. The zero-order valence-corrected chi connectivity index (χ0v) is 12.3. The minimum absolute atomic E-state index is 0.0311. The second-order valence-electron chi connectivity index (χ2n) is 4.57. The van der Waals surface area contributed by atoms with Gasteiger partial charge < -0.3 is 25.8 Å². The van der Waals surface area contributed by atoms with Crippen LogP contribution in [-0.2, 0) is 4.74 Å². The van der Waals surface area contributed by atoms with E-state index in [9.17, 15) is 4.79 Å². The van der Waals surface area contributed by atoms with Crippen molar-refractivity contribution in [1.29, 1.82) is 0 Å². The van der Waals surface area contributed by atoms with Crippen molar-refractivity contribution in [3.05, 3.63) is 4.88 Å². The Hall–Kier alpha value is -1.38. The van der Waals surface area contributed by atoms with E-state index in [2.05, 4.69) is 10.3 Å². The number of piperidine rings is 1. The van der Waals surface area contributed by atoms with E-state index < -0.39 is 0 Å². The SMILES string of the molecule is CNc1nc(N)c(C(=O)N2CCC(OCCO)CC2)s1. The summed E-state index contributed by atoms with van der Waals surface area (Å²) in [5.41, 5.74) is 5.78. The van der Waals surface area contributed by atoms with E-state index in [-0.39, 0.29) is 24.4 Å². The number of aliphatic hydroxyl groups excluding tert-OH is 1. The van der Waals surface area contributed by atoms with Gasteiger partial charge in [-0.1, -0.05) is 11.3 Å². The number of hydrogen-bond donors (Lipinski definition) is 3. The summed E-state index contributed by atoms with van der Waals surface area (Å²) in [5, 5.41) is 12.3. The Morgan fingerprint density at radius 3 is 2.85 bits per heavy atom. The van der Waals surface area contributed by atoms with Crippen molar-refractivity contribution in [3.8, 4) is 0 Å². The average Bonchev–Trinajstić information content (AvgIpc) is 2.86. The normalized spacial score (nSPS) is 16.4. The van der Waals surface area contributed by atoms with E-state index in [1.54, 1.807) is 11.9 Å². The molecule has 20 heavy (non-hydrogen) atoms. The first kappa shape index (κ1) is 15.0. The summed E-state index contributed by atoms with van der Waals surface area (Å²) in [6.07, 6.45) is 1.69. The number of amides is 1. The molecule has 2 rings (SSSR count). The summed E-state index contributed by atoms with van der Waals surface area (Å²) in [4.78, 5) is 18.7. The molecule has 0 radical (unpaired) electrons. The topological polar surface area (TPSA) is 101 Å². The van der Waals surface area contributed by atoms with Crippen molar-refractivity contribution in [2.24, 2.45) is 0 Å². The number of aliphatic hydroxyl groups is 1. The highest BCUT2D eigenvalue weighted by molar-refractivity contribution is 7.18. The van der Waals surface area contributed by atoms with Crippen LogP contribution in [0.1, 0.15) is 22.5 Å². The van der Waals surface area contributed by atoms with Crippen LogP contribution in [0, 0.1) is 0 Å². The van der Waals surface area contributed by atoms with Crippen LogP contribution in [-0.4, -0.2) is 60.4 Å². The Bertz CT molecular complexity index is 458. The van der Waals surface area contributed by atoms with Gasteiger partial charge in [-0.15, -0.1) is 0 Å². The number of ether oxygens (including phenoxy) is 1. The first-order valence-electron chi connectivity index (χ1n) is 6.61. The molecule has 0 bridgehead atoms. The van der Waals surface area contributed by atoms with Gasteiger partial charge in [-0.25, -0.2) is 4.98 Å². The number of likely N-dealkylation sites (tertiary alicyclic amines) is 1. The molecular weight excluding hydrogens is 280 g/mol. The van der Waals surface area contributed by atoms with Crippen LogP contribution in [0.25, 0.3) is 0 Å². The summed E-state index contributed by atoms with van der Waals surface area (Å²) < 4.78 is 5.48. The Morgan fingerprint density at radius 2 is 2.30 bits per heavy atom. The number of nitrogens with two attached hydrogens (primary N) is 1. The second kappa shape index (κ2) is 6.87. The van der Waals surface area contributed by atoms with Crippen LogP contribution >= 0.6 is 11.3 Å². The summed E-state index contributed by atoms with van der Waals surface area (Å²) >= 11 is 1.27. The maximum Gasteiger partial charge on any atom is 0.267 e. The number of anilines is 2. The van der Waals surface area contributed by atoms with Gasteiger partial charge in [0.05, 0.1) is 19.3 Å². The van der Waals surface area contributed by atoms with Crippen molar-refractivity contribution >= 4 is 28.2 Å². The van der Waals surface area contributed by atoms with Crippen LogP contribution in [0.15, 0.2) is 0 Å². The number of aromatic nitrogens is 1. The molecule has 7 nitrogen and oxygen atoms in total. The maximum atomic E-state index is 12.4. The van der Waals surface area contributed by atoms with Crippen molar-refractivity contribution in [2.75, 3.05) is 44.4 Å². The van der Waals surface area contributed by atoms with Crippen molar-refractivity contribution in [2.45, 2.75) is 18.9 Å². The number of carbonyl (C=O) groups is 1. The average molecular weight is 300 g/mol. The molecule has 1 amide bonds. The minimum atomic E-state index is -0.0675. The summed E-state index contributed by atoms with van der Waals surface area (Å²) in [6.45, 7) is 1.66. The van der Waals surface area contributed by atoms with E-state index in [1.165, 1.54) is 11.3 Å². The summed E-state index contributed by atoms with van der Waals surface area (Å²) in [6, 6.07) is 0. The molecule has 0 atom stereocenters. The zero-order valence-electron chi connectivity index (χ0n) is 11.5. The molecule has 1 aliphatic rings. The van der Waals surface area contributed by atoms with Crippen molar-refractivity contribution in [1.82, 2.24) is 9.88 Å². The van der Waals surface area contributed by atoms with Crippen LogP contribution in [0.4, 0.5) is 10.9 Å². The van der Waals surface area contributed by atoms with Gasteiger partial charge in [0.2, 0.25) is 0 Å². The molecule has 4 N–H and O–H groups in total. The van der Waals surface area contributed by atoms with Gasteiger partial charge in [-0.2, -0.15) is 0 Å². The standard InChI is InChI=1S/C12H20N4O3S/c1-14-12-15-10(13)9(20-12)11(18)16-4-2-8(3-5-16)19-7-6-17/h8,17H,2-7,13H2,1H3,(H,14,15). The van der Waals surface area contributed by atoms with E-state index in [1.807, 2.05) is 0 Å². The number of thiazole rings is 1. The van der Waals surface area contributed by atoms with Crippen LogP contribution in [0.5, 0.6) is 0 Å². The number of carbonyl (C=O) groups excluding carboxylic acids is 1. The van der Waals surface area contributed by atoms with Crippen LogP contribution in [0.2, 0.25) is 0 Å². The Labute approximate surface area is 121 Å². The molecule has 0 aliphatic carbocycles. The lowest BCUT2D eigenvalue weighted by atomic mass is 10.1. The number of nitrogen functional groups attached to an aromatic ring is 1. The molecule has 1 aromatic rings. The lowest BCUT2D eigenvalue weighted by Gasteiger charge is -2.31. The Morgan fingerprint density at radius 1 is 1.60 bits per heavy atom. The number of nitrogens with one attached hydrogen (secondary N) is 1. The first-order valence-corrected chi connectivity index (χ1v) is 7.43. The van der Waals surface area contributed by atoms with E-state index >= 15 is 0 Å². The van der Waals surface area contributed by atoms with E-state index in [4.69, 9.17) is 15.6 Å². The third-order valence-electron chi connectivity index (χ3n) is 3.24.